The van der Waals surface area contributed by atoms with Crippen molar-refractivity contribution in [3.63, 3.8) is 0 Å². The fourth-order valence-corrected chi connectivity index (χ4v) is 1.25. The molecule has 0 aliphatic heterocycles. The van der Waals surface area contributed by atoms with Crippen LogP contribution in [0, 0.1) is 6.07 Å². The molecule has 1 heterocycles. The van der Waals surface area contributed by atoms with E-state index in [4.69, 9.17) is 5.73 Å². The van der Waals surface area contributed by atoms with Crippen molar-refractivity contribution in [2.24, 2.45) is 0 Å². The van der Waals surface area contributed by atoms with E-state index >= 15 is 0 Å². The van der Waals surface area contributed by atoms with Crippen LogP contribution in [-0.2, 0) is 20.1 Å². The number of aromatic nitrogens is 1. The number of hydrogen-bond donors (Lipinski definition) is 1. The zero-order chi connectivity index (χ0) is 10.7. The molecule has 1 aromatic heterocycles. The third kappa shape index (κ3) is 2.75. The van der Waals surface area contributed by atoms with Gasteiger partial charge in [-0.15, -0.1) is 35.9 Å². The van der Waals surface area contributed by atoms with Gasteiger partial charge in [-0.25, -0.2) is 4.98 Å². The summed E-state index contributed by atoms with van der Waals surface area (Å²) in [5.41, 5.74) is 6.34. The van der Waals surface area contributed by atoms with Gasteiger partial charge in [0.15, 0.2) is 0 Å². The van der Waals surface area contributed by atoms with Crippen molar-refractivity contribution in [2.75, 3.05) is 5.73 Å². The predicted octanol–water partition coefficient (Wildman–Crippen LogP) is 1.69. The van der Waals surface area contributed by atoms with E-state index < -0.39 is 0 Å². The first-order valence-corrected chi connectivity index (χ1v) is 4.51. The van der Waals surface area contributed by atoms with Gasteiger partial charge < -0.3 is 10.5 Å². The number of nitrogen functional groups attached to an aromatic ring is 1. The summed E-state index contributed by atoms with van der Waals surface area (Å²) in [4.78, 5) is 15.8. The number of hydrogen-bond acceptors (Lipinski definition) is 3. The smallest absolute Gasteiger partial charge is 0.126 e. The van der Waals surface area contributed by atoms with Crippen LogP contribution in [0.2, 0.25) is 0 Å². The Morgan fingerprint density at radius 1 is 1.19 bits per heavy atom. The zero-order valence-corrected chi connectivity index (χ0v) is 10.7. The third-order valence-electron chi connectivity index (χ3n) is 1.96. The predicted molar refractivity (Wildman–Crippen MR) is 57.4 cm³/mol. The van der Waals surface area contributed by atoms with Crippen LogP contribution in [0.4, 0.5) is 5.82 Å². The van der Waals surface area contributed by atoms with Crippen molar-refractivity contribution >= 4 is 11.6 Å². The van der Waals surface area contributed by atoms with Gasteiger partial charge in [0.1, 0.15) is 11.6 Å². The minimum Gasteiger partial charge on any atom is -0.384 e. The van der Waals surface area contributed by atoms with E-state index in [1.807, 2.05) is 6.07 Å². The molecule has 3 nitrogen and oxygen atoms in total. The second-order valence-corrected chi connectivity index (χ2v) is 3.05. The van der Waals surface area contributed by atoms with Gasteiger partial charge in [-0.1, -0.05) is 6.07 Å². The Balaban J connectivity index is 0.00000128. The number of carbonyl (C=O) groups excluding carboxylic acids is 1. The maximum atomic E-state index is 11.8. The molecule has 1 radical (unpaired) electrons. The normalized spacial score (nSPS) is 9.25. The van der Waals surface area contributed by atoms with Crippen molar-refractivity contribution in [1.29, 1.82) is 0 Å². The molecule has 4 heteroatoms. The summed E-state index contributed by atoms with van der Waals surface area (Å²) in [5, 5.41) is 0. The zero-order valence-electron chi connectivity index (χ0n) is 8.31. The Labute approximate surface area is 107 Å². The van der Waals surface area contributed by atoms with Crippen LogP contribution in [0.3, 0.4) is 0 Å². The Morgan fingerprint density at radius 2 is 2.00 bits per heavy atom. The first-order valence-electron chi connectivity index (χ1n) is 4.51. The second-order valence-electron chi connectivity index (χ2n) is 3.05. The Hall–Kier alpha value is -1.51. The summed E-state index contributed by atoms with van der Waals surface area (Å²) in [6.45, 7) is 0. The van der Waals surface area contributed by atoms with Gasteiger partial charge in [0.2, 0.25) is 0 Å². The Morgan fingerprint density at radius 3 is 2.62 bits per heavy atom. The molecule has 2 rings (SSSR count). The molecule has 2 aromatic rings. The van der Waals surface area contributed by atoms with E-state index in [9.17, 15) is 4.79 Å². The number of pyridine rings is 1. The fourth-order valence-electron chi connectivity index (χ4n) is 1.25. The standard InChI is InChI=1S/C12H9N2O.Ir/c13-11-8-4-7-10(14-11)12(15)9-5-2-1-3-6-9;/h1-5,7-8H,(H2,13,14);/q-1;. The maximum absolute atomic E-state index is 11.8. The van der Waals surface area contributed by atoms with Crippen LogP contribution in [0.15, 0.2) is 42.5 Å². The monoisotopic (exact) mass is 390 g/mol. The number of nitrogens with zero attached hydrogens (tertiary/aromatic N) is 1. The van der Waals surface area contributed by atoms with Gasteiger partial charge in [-0.2, -0.15) is 0 Å². The maximum Gasteiger partial charge on any atom is 0.126 e. The van der Waals surface area contributed by atoms with Crippen molar-refractivity contribution in [3.8, 4) is 0 Å². The topological polar surface area (TPSA) is 56.0 Å². The average Bonchev–Trinajstić information content (AvgIpc) is 2.29. The van der Waals surface area contributed by atoms with Crippen molar-refractivity contribution in [3.05, 3.63) is 59.8 Å². The minimum absolute atomic E-state index is 0. The van der Waals surface area contributed by atoms with Crippen LogP contribution >= 0.6 is 0 Å². The van der Waals surface area contributed by atoms with Crippen LogP contribution in [0.25, 0.3) is 0 Å². The van der Waals surface area contributed by atoms with Gasteiger partial charge in [-0.05, 0) is 12.1 Å². The number of nitrogens with two attached hydrogens (primary N) is 1. The first kappa shape index (κ1) is 12.6. The molecule has 0 unspecified atom stereocenters. The number of anilines is 1. The second kappa shape index (κ2) is 5.54. The van der Waals surface area contributed by atoms with E-state index in [0.29, 0.717) is 17.1 Å². The largest absolute Gasteiger partial charge is 0.384 e. The molecule has 0 amide bonds. The van der Waals surface area contributed by atoms with Gasteiger partial charge in [-0.3, -0.25) is 0 Å². The molecule has 0 aliphatic rings. The molecule has 0 saturated heterocycles. The summed E-state index contributed by atoms with van der Waals surface area (Å²) in [6, 6.07) is 14.8. The van der Waals surface area contributed by atoms with Crippen LogP contribution in [0.1, 0.15) is 16.1 Å². The van der Waals surface area contributed by atoms with Crippen molar-refractivity contribution in [1.82, 2.24) is 4.98 Å². The minimum atomic E-state index is -0.164. The summed E-state index contributed by atoms with van der Waals surface area (Å²) in [6.07, 6.45) is 0. The molecule has 0 spiro atoms. The molecule has 0 aliphatic carbocycles. The molecular formula is C12H9IrN2O-. The van der Waals surface area contributed by atoms with Crippen LogP contribution < -0.4 is 5.73 Å². The molecular weight excluding hydrogens is 380 g/mol. The molecule has 0 atom stereocenters. The van der Waals surface area contributed by atoms with E-state index in [0.717, 1.165) is 0 Å². The van der Waals surface area contributed by atoms with Crippen molar-refractivity contribution in [2.45, 2.75) is 0 Å². The average molecular weight is 389 g/mol. The van der Waals surface area contributed by atoms with E-state index in [1.54, 1.807) is 36.4 Å². The Bertz CT molecular complexity index is 485. The van der Waals surface area contributed by atoms with Crippen LogP contribution in [-0.4, -0.2) is 10.8 Å². The summed E-state index contributed by atoms with van der Waals surface area (Å²) < 4.78 is 0. The number of benzene rings is 1. The number of rotatable bonds is 2. The van der Waals surface area contributed by atoms with E-state index in [1.165, 1.54) is 0 Å². The van der Waals surface area contributed by atoms with Gasteiger partial charge in [0.05, 0.1) is 5.69 Å². The first-order chi connectivity index (χ1) is 7.27. The van der Waals surface area contributed by atoms with Gasteiger partial charge in [0.25, 0.3) is 0 Å². The quantitative estimate of drug-likeness (QED) is 0.628. The molecule has 0 bridgehead atoms. The third-order valence-corrected chi connectivity index (χ3v) is 1.96. The van der Waals surface area contributed by atoms with Gasteiger partial charge >= 0.3 is 0 Å². The summed E-state index contributed by atoms with van der Waals surface area (Å²) in [5.74, 6) is 0.180. The number of ketones is 1. The molecule has 0 fully saturated rings. The molecule has 16 heavy (non-hydrogen) atoms. The SMILES string of the molecule is Nc1cccc(C(=O)c2[c-]cccc2)n1.[Ir]. The molecule has 83 valence electrons. The van der Waals surface area contributed by atoms with E-state index in [-0.39, 0.29) is 25.9 Å². The van der Waals surface area contributed by atoms with Crippen molar-refractivity contribution < 1.29 is 24.9 Å². The summed E-state index contributed by atoms with van der Waals surface area (Å²) >= 11 is 0. The molecule has 0 saturated carbocycles. The van der Waals surface area contributed by atoms with Crippen LogP contribution in [0.5, 0.6) is 0 Å². The molecule has 1 aromatic carbocycles. The van der Waals surface area contributed by atoms with Gasteiger partial charge in [0, 0.05) is 20.1 Å². The Kier molecular flexibility index (Phi) is 4.35. The molecule has 2 N–H and O–H groups in total. The summed E-state index contributed by atoms with van der Waals surface area (Å²) in [7, 11) is 0. The fraction of sp³-hybridized carbons (Fsp3) is 0. The van der Waals surface area contributed by atoms with E-state index in [2.05, 4.69) is 11.1 Å². The number of carbonyl (C=O) groups is 1.